The molecular weight excluding hydrogens is 344 g/mol. The Hall–Kier alpha value is -2.94. The number of aryl methyl sites for hydroxylation is 1. The monoisotopic (exact) mass is 370 g/mol. The largest absolute Gasteiger partial charge is 0.345 e. The number of carbonyl (C=O) groups is 1. The normalized spacial score (nSPS) is 14.2. The lowest BCUT2D eigenvalue weighted by Gasteiger charge is -2.22. The van der Waals surface area contributed by atoms with Gasteiger partial charge in [0, 0.05) is 16.8 Å². The molecular formula is C25H26N2O. The van der Waals surface area contributed by atoms with Crippen molar-refractivity contribution in [2.45, 2.75) is 45.1 Å². The van der Waals surface area contributed by atoms with Crippen LogP contribution in [0.3, 0.4) is 0 Å². The van der Waals surface area contributed by atoms with Crippen molar-refractivity contribution in [3.8, 4) is 11.3 Å². The van der Waals surface area contributed by atoms with Crippen molar-refractivity contribution >= 4 is 5.91 Å². The first kappa shape index (κ1) is 18.4. The third kappa shape index (κ3) is 3.84. The van der Waals surface area contributed by atoms with E-state index in [1.54, 1.807) is 0 Å². The molecule has 1 aromatic heterocycles. The van der Waals surface area contributed by atoms with Crippen LogP contribution >= 0.6 is 0 Å². The Labute approximate surface area is 166 Å². The number of benzene rings is 2. The highest BCUT2D eigenvalue weighted by Gasteiger charge is 2.23. The van der Waals surface area contributed by atoms with E-state index in [0.717, 1.165) is 65.7 Å². The molecule has 1 aliphatic rings. The molecule has 1 amide bonds. The number of rotatable bonds is 5. The van der Waals surface area contributed by atoms with Gasteiger partial charge in [0.15, 0.2) is 0 Å². The molecule has 3 nitrogen and oxygen atoms in total. The summed E-state index contributed by atoms with van der Waals surface area (Å²) in [6.45, 7) is 2.11. The molecule has 142 valence electrons. The van der Waals surface area contributed by atoms with E-state index in [2.05, 4.69) is 36.5 Å². The predicted octanol–water partition coefficient (Wildman–Crippen LogP) is 5.51. The molecule has 2 aromatic carbocycles. The number of carbonyl (C=O) groups excluding carboxylic acids is 1. The molecule has 3 aromatic rings. The summed E-state index contributed by atoms with van der Waals surface area (Å²) in [5.74, 6) is 0.00781. The fraction of sp³-hybridized carbons (Fsp3) is 0.280. The van der Waals surface area contributed by atoms with Gasteiger partial charge >= 0.3 is 0 Å². The number of aromatic nitrogens is 1. The van der Waals surface area contributed by atoms with Gasteiger partial charge in [-0.05, 0) is 49.3 Å². The van der Waals surface area contributed by atoms with Crippen molar-refractivity contribution in [3.05, 3.63) is 89.1 Å². The van der Waals surface area contributed by atoms with Crippen LogP contribution in [-0.2, 0) is 12.8 Å². The Morgan fingerprint density at radius 3 is 2.39 bits per heavy atom. The van der Waals surface area contributed by atoms with E-state index < -0.39 is 0 Å². The fourth-order valence-electron chi connectivity index (χ4n) is 4.01. The average Bonchev–Trinajstić information content (AvgIpc) is 2.77. The second-order valence-electron chi connectivity index (χ2n) is 7.40. The number of fused-ring (bicyclic) bond motifs is 1. The van der Waals surface area contributed by atoms with Gasteiger partial charge in [0.1, 0.15) is 0 Å². The van der Waals surface area contributed by atoms with Crippen LogP contribution in [0, 0.1) is 0 Å². The lowest BCUT2D eigenvalue weighted by atomic mass is 9.90. The van der Waals surface area contributed by atoms with Gasteiger partial charge in [0.25, 0.3) is 5.91 Å². The zero-order chi connectivity index (χ0) is 19.3. The molecule has 4 rings (SSSR count). The van der Waals surface area contributed by atoms with Gasteiger partial charge in [-0.2, -0.15) is 0 Å². The Morgan fingerprint density at radius 1 is 1.00 bits per heavy atom. The van der Waals surface area contributed by atoms with Crippen molar-refractivity contribution < 1.29 is 4.79 Å². The molecule has 0 saturated heterocycles. The van der Waals surface area contributed by atoms with Crippen molar-refractivity contribution in [1.29, 1.82) is 0 Å². The zero-order valence-electron chi connectivity index (χ0n) is 16.3. The lowest BCUT2D eigenvalue weighted by molar-refractivity contribution is 0.0934. The van der Waals surface area contributed by atoms with Gasteiger partial charge < -0.3 is 5.32 Å². The Kier molecular flexibility index (Phi) is 5.52. The smallest absolute Gasteiger partial charge is 0.252 e. The first-order valence-corrected chi connectivity index (χ1v) is 10.2. The highest BCUT2D eigenvalue weighted by Crippen LogP contribution is 2.29. The fourth-order valence-corrected chi connectivity index (χ4v) is 4.01. The molecule has 0 saturated carbocycles. The van der Waals surface area contributed by atoms with E-state index in [-0.39, 0.29) is 11.9 Å². The number of amides is 1. The average molecular weight is 370 g/mol. The van der Waals surface area contributed by atoms with Crippen LogP contribution in [0.2, 0.25) is 0 Å². The highest BCUT2D eigenvalue weighted by molar-refractivity contribution is 5.97. The van der Waals surface area contributed by atoms with Crippen LogP contribution in [0.15, 0.2) is 66.7 Å². The molecule has 0 bridgehead atoms. The van der Waals surface area contributed by atoms with E-state index in [1.165, 1.54) is 0 Å². The van der Waals surface area contributed by atoms with E-state index >= 15 is 0 Å². The second kappa shape index (κ2) is 8.39. The predicted molar refractivity (Wildman–Crippen MR) is 113 cm³/mol. The number of pyridine rings is 1. The maximum absolute atomic E-state index is 13.3. The van der Waals surface area contributed by atoms with Gasteiger partial charge in [-0.15, -0.1) is 0 Å². The third-order valence-corrected chi connectivity index (χ3v) is 5.53. The minimum absolute atomic E-state index is 0.00781. The quantitative estimate of drug-likeness (QED) is 0.643. The Morgan fingerprint density at radius 2 is 1.68 bits per heavy atom. The Bertz CT molecular complexity index is 951. The highest BCUT2D eigenvalue weighted by atomic mass is 16.1. The van der Waals surface area contributed by atoms with Gasteiger partial charge in [-0.3, -0.25) is 9.78 Å². The van der Waals surface area contributed by atoms with Gasteiger partial charge in [-0.25, -0.2) is 0 Å². The van der Waals surface area contributed by atoms with Gasteiger partial charge in [0.05, 0.1) is 11.7 Å². The third-order valence-electron chi connectivity index (χ3n) is 5.53. The summed E-state index contributed by atoms with van der Waals surface area (Å²) in [5.41, 5.74) is 6.10. The van der Waals surface area contributed by atoms with Crippen LogP contribution < -0.4 is 5.32 Å². The molecule has 28 heavy (non-hydrogen) atoms. The first-order chi connectivity index (χ1) is 13.8. The van der Waals surface area contributed by atoms with Crippen LogP contribution in [0.25, 0.3) is 11.3 Å². The molecule has 0 unspecified atom stereocenters. The van der Waals surface area contributed by atoms with Crippen molar-refractivity contribution in [3.63, 3.8) is 0 Å². The number of nitrogens with one attached hydrogen (secondary N) is 1. The summed E-state index contributed by atoms with van der Waals surface area (Å²) in [4.78, 5) is 18.2. The molecule has 0 radical (unpaired) electrons. The van der Waals surface area contributed by atoms with Crippen LogP contribution in [0.5, 0.6) is 0 Å². The molecule has 1 aliphatic carbocycles. The second-order valence-corrected chi connectivity index (χ2v) is 7.40. The molecule has 1 atom stereocenters. The molecule has 0 fully saturated rings. The van der Waals surface area contributed by atoms with Crippen molar-refractivity contribution in [2.75, 3.05) is 0 Å². The van der Waals surface area contributed by atoms with Gasteiger partial charge in [-0.1, -0.05) is 67.6 Å². The summed E-state index contributed by atoms with van der Waals surface area (Å²) < 4.78 is 0. The SMILES string of the molecule is CC[C@H](NC(=O)c1cc(-c2ccccc2)nc2c1CCCC2)c1ccccc1. The lowest BCUT2D eigenvalue weighted by Crippen LogP contribution is -2.30. The number of hydrogen-bond donors (Lipinski definition) is 1. The van der Waals surface area contributed by atoms with Crippen LogP contribution in [0.1, 0.15) is 59.4 Å². The maximum Gasteiger partial charge on any atom is 0.252 e. The van der Waals surface area contributed by atoms with Crippen LogP contribution in [0.4, 0.5) is 0 Å². The molecule has 0 spiro atoms. The first-order valence-electron chi connectivity index (χ1n) is 10.2. The summed E-state index contributed by atoms with van der Waals surface area (Å²) in [7, 11) is 0. The van der Waals surface area contributed by atoms with E-state index in [1.807, 2.05) is 42.5 Å². The van der Waals surface area contributed by atoms with E-state index in [4.69, 9.17) is 4.98 Å². The summed E-state index contributed by atoms with van der Waals surface area (Å²) in [6, 6.07) is 22.3. The van der Waals surface area contributed by atoms with Gasteiger partial charge in [0.2, 0.25) is 0 Å². The Balaban J connectivity index is 1.70. The molecule has 3 heteroatoms. The maximum atomic E-state index is 13.3. The zero-order valence-corrected chi connectivity index (χ0v) is 16.3. The standard InChI is InChI=1S/C25H26N2O/c1-2-22(18-11-5-3-6-12-18)27-25(28)21-17-24(19-13-7-4-8-14-19)26-23-16-10-9-15-20(21)23/h3-8,11-14,17,22H,2,9-10,15-16H2,1H3,(H,27,28)/t22-/m0/s1. The summed E-state index contributed by atoms with van der Waals surface area (Å²) >= 11 is 0. The minimum atomic E-state index is 0.00781. The van der Waals surface area contributed by atoms with Crippen LogP contribution in [-0.4, -0.2) is 10.9 Å². The molecule has 1 heterocycles. The summed E-state index contributed by atoms with van der Waals surface area (Å²) in [5, 5.41) is 3.26. The molecule has 1 N–H and O–H groups in total. The van der Waals surface area contributed by atoms with Crippen molar-refractivity contribution in [2.24, 2.45) is 0 Å². The molecule has 0 aliphatic heterocycles. The van der Waals surface area contributed by atoms with E-state index in [0.29, 0.717) is 0 Å². The number of hydrogen-bond acceptors (Lipinski definition) is 2. The minimum Gasteiger partial charge on any atom is -0.345 e. The van der Waals surface area contributed by atoms with Crippen molar-refractivity contribution in [1.82, 2.24) is 10.3 Å². The number of nitrogens with zero attached hydrogens (tertiary/aromatic N) is 1. The topological polar surface area (TPSA) is 42.0 Å². The van der Waals surface area contributed by atoms with E-state index in [9.17, 15) is 4.79 Å². The summed E-state index contributed by atoms with van der Waals surface area (Å²) in [6.07, 6.45) is 5.00.